The Morgan fingerprint density at radius 2 is 1.23 bits per heavy atom. The SMILES string of the molecule is Cc1cc2c3c(c1)N(c1ccc(C(C)(C)C)cc1)c1c(ccc4c1OCCO4)C3c1cc(C(C)(C)C)ccc1N2c1cc(-c2ccc3c(c2)C(C)(C)c2ccccc2-3)cc(-c2cc3ccccc3o2)c1. The van der Waals surface area contributed by atoms with Crippen LogP contribution in [0.1, 0.15) is 106 Å². The van der Waals surface area contributed by atoms with Crippen LogP contribution in [0.3, 0.4) is 0 Å². The van der Waals surface area contributed by atoms with Crippen LogP contribution in [-0.4, -0.2) is 13.2 Å². The Bertz CT molecular complexity index is 3600. The lowest BCUT2D eigenvalue weighted by Gasteiger charge is -2.46. The number of benzene rings is 8. The summed E-state index contributed by atoms with van der Waals surface area (Å²) in [6, 6.07) is 59.1. The Labute approximate surface area is 412 Å². The van der Waals surface area contributed by atoms with E-state index in [0.717, 1.165) is 73.5 Å². The minimum Gasteiger partial charge on any atom is -0.486 e. The van der Waals surface area contributed by atoms with Gasteiger partial charge in [0.1, 0.15) is 24.6 Å². The third kappa shape index (κ3) is 6.43. The molecule has 0 amide bonds. The third-order valence-corrected chi connectivity index (χ3v) is 15.5. The quantitative estimate of drug-likeness (QED) is 0.176. The fourth-order valence-electron chi connectivity index (χ4n) is 11.9. The van der Waals surface area contributed by atoms with Gasteiger partial charge in [-0.05, 0) is 152 Å². The van der Waals surface area contributed by atoms with Crippen LogP contribution in [0.25, 0.3) is 44.5 Å². The molecule has 13 rings (SSSR count). The third-order valence-electron chi connectivity index (χ3n) is 15.5. The molecule has 0 N–H and O–H groups in total. The Hall–Kier alpha value is -7.50. The minimum atomic E-state index is -0.140. The molecule has 0 saturated heterocycles. The zero-order valence-corrected chi connectivity index (χ0v) is 41.6. The number of ether oxygens (including phenoxy) is 2. The van der Waals surface area contributed by atoms with Gasteiger partial charge >= 0.3 is 0 Å². The zero-order valence-electron chi connectivity index (χ0n) is 41.6. The first-order valence-corrected chi connectivity index (χ1v) is 24.9. The lowest BCUT2D eigenvalue weighted by Crippen LogP contribution is -2.31. The van der Waals surface area contributed by atoms with Crippen molar-refractivity contribution in [2.45, 2.75) is 84.5 Å². The largest absolute Gasteiger partial charge is 0.486 e. The summed E-state index contributed by atoms with van der Waals surface area (Å²) in [6.45, 7) is 21.8. The van der Waals surface area contributed by atoms with Gasteiger partial charge in [-0.25, -0.2) is 0 Å². The summed E-state index contributed by atoms with van der Waals surface area (Å²) in [6.07, 6.45) is 0. The van der Waals surface area contributed by atoms with Crippen LogP contribution >= 0.6 is 0 Å². The number of hydrogen-bond acceptors (Lipinski definition) is 5. The molecule has 0 saturated carbocycles. The van der Waals surface area contributed by atoms with Crippen molar-refractivity contribution in [2.24, 2.45) is 0 Å². The van der Waals surface area contributed by atoms with Crippen molar-refractivity contribution in [3.63, 3.8) is 0 Å². The van der Waals surface area contributed by atoms with Gasteiger partial charge in [0, 0.05) is 39.2 Å². The van der Waals surface area contributed by atoms with Crippen LogP contribution < -0.4 is 19.3 Å². The molecule has 0 radical (unpaired) electrons. The summed E-state index contributed by atoms with van der Waals surface area (Å²) in [5.41, 5.74) is 23.5. The van der Waals surface area contributed by atoms with E-state index in [0.29, 0.717) is 13.2 Å². The van der Waals surface area contributed by atoms with Crippen molar-refractivity contribution < 1.29 is 13.9 Å². The van der Waals surface area contributed by atoms with E-state index in [1.54, 1.807) is 0 Å². The summed E-state index contributed by atoms with van der Waals surface area (Å²) in [5, 5.41) is 1.08. The number of nitrogens with zero attached hydrogens (tertiary/aromatic N) is 2. The molecule has 1 unspecified atom stereocenters. The van der Waals surface area contributed by atoms with Gasteiger partial charge in [-0.15, -0.1) is 0 Å². The van der Waals surface area contributed by atoms with Crippen molar-refractivity contribution in [3.05, 3.63) is 202 Å². The fraction of sp³-hybridized carbons (Fsp3) is 0.231. The molecule has 4 aliphatic rings. The molecule has 9 aromatic rings. The van der Waals surface area contributed by atoms with Gasteiger partial charge in [-0.3, -0.25) is 0 Å². The predicted molar refractivity (Wildman–Crippen MR) is 288 cm³/mol. The van der Waals surface area contributed by atoms with Gasteiger partial charge in [0.15, 0.2) is 11.5 Å². The van der Waals surface area contributed by atoms with E-state index in [-0.39, 0.29) is 22.2 Å². The van der Waals surface area contributed by atoms with Gasteiger partial charge < -0.3 is 23.7 Å². The van der Waals surface area contributed by atoms with Gasteiger partial charge in [-0.2, -0.15) is 0 Å². The van der Waals surface area contributed by atoms with Gasteiger partial charge in [0.05, 0.1) is 22.7 Å². The highest BCUT2D eigenvalue weighted by Gasteiger charge is 2.44. The lowest BCUT2D eigenvalue weighted by molar-refractivity contribution is 0.172. The van der Waals surface area contributed by atoms with Crippen LogP contribution in [0.2, 0.25) is 0 Å². The minimum absolute atomic E-state index is 0.00772. The van der Waals surface area contributed by atoms with Crippen LogP contribution in [0.4, 0.5) is 34.1 Å². The molecule has 3 aliphatic heterocycles. The smallest absolute Gasteiger partial charge is 0.185 e. The molecule has 70 heavy (non-hydrogen) atoms. The summed E-state index contributed by atoms with van der Waals surface area (Å²) in [4.78, 5) is 4.99. The van der Waals surface area contributed by atoms with Gasteiger partial charge in [-0.1, -0.05) is 140 Å². The van der Waals surface area contributed by atoms with Crippen LogP contribution in [-0.2, 0) is 16.2 Å². The van der Waals surface area contributed by atoms with Crippen molar-refractivity contribution in [1.82, 2.24) is 0 Å². The Morgan fingerprint density at radius 1 is 0.529 bits per heavy atom. The van der Waals surface area contributed by atoms with Crippen LogP contribution in [0.5, 0.6) is 11.5 Å². The second kappa shape index (κ2) is 15.0. The number of para-hydroxylation sites is 1. The van der Waals surface area contributed by atoms with E-state index in [2.05, 4.69) is 224 Å². The fourth-order valence-corrected chi connectivity index (χ4v) is 11.9. The second-order valence-corrected chi connectivity index (χ2v) is 22.5. The molecule has 1 aliphatic carbocycles. The standard InChI is InChI=1S/C65H58N2O3/c1-38-30-54-60-55(31-38)67(45-22-19-43(20-23-45)63(2,3)4)61-49(25-27-57-62(61)69-29-28-68-57)59(60)50-37-44(64(5,6)7)21-26-53(50)66(54)46-33-41(32-42(34-46)58-36-40-14-10-13-17-56(40)70-58)39-18-24-48-47-15-11-12-16-51(47)65(8,9)52(48)35-39/h10-27,30-37,59H,28-29H2,1-9H3. The molecule has 5 heteroatoms. The molecule has 1 aromatic heterocycles. The van der Waals surface area contributed by atoms with E-state index in [9.17, 15) is 0 Å². The average Bonchev–Trinajstić information content (AvgIpc) is 3.89. The van der Waals surface area contributed by atoms with E-state index in [1.807, 2.05) is 6.07 Å². The van der Waals surface area contributed by atoms with E-state index < -0.39 is 0 Å². The molecule has 1 atom stereocenters. The second-order valence-electron chi connectivity index (χ2n) is 22.5. The summed E-state index contributed by atoms with van der Waals surface area (Å²) in [7, 11) is 0. The number of hydrogen-bond donors (Lipinski definition) is 0. The highest BCUT2D eigenvalue weighted by atomic mass is 16.6. The maximum Gasteiger partial charge on any atom is 0.185 e. The lowest BCUT2D eigenvalue weighted by atomic mass is 9.73. The number of furan rings is 1. The maximum atomic E-state index is 6.74. The van der Waals surface area contributed by atoms with Crippen LogP contribution in [0.15, 0.2) is 162 Å². The monoisotopic (exact) mass is 914 g/mol. The molecule has 0 spiro atoms. The van der Waals surface area contributed by atoms with Crippen molar-refractivity contribution >= 4 is 45.1 Å². The van der Waals surface area contributed by atoms with Crippen molar-refractivity contribution in [2.75, 3.05) is 23.0 Å². The molecule has 4 heterocycles. The first-order chi connectivity index (χ1) is 33.6. The molecule has 0 bridgehead atoms. The predicted octanol–water partition coefficient (Wildman–Crippen LogP) is 17.5. The summed E-state index contributed by atoms with van der Waals surface area (Å²) >= 11 is 0. The first kappa shape index (κ1) is 42.6. The van der Waals surface area contributed by atoms with Crippen molar-refractivity contribution in [3.8, 4) is 45.1 Å². The Balaban J connectivity index is 1.09. The zero-order chi connectivity index (χ0) is 48.0. The maximum absolute atomic E-state index is 6.74. The van der Waals surface area contributed by atoms with Crippen LogP contribution in [0, 0.1) is 6.92 Å². The van der Waals surface area contributed by atoms with Gasteiger partial charge in [0.25, 0.3) is 0 Å². The summed E-state index contributed by atoms with van der Waals surface area (Å²) in [5.74, 6) is 2.34. The molecular formula is C65H58N2O3. The molecular weight excluding hydrogens is 857 g/mol. The molecule has 8 aromatic carbocycles. The number of rotatable bonds is 4. The normalized spacial score (nSPS) is 16.1. The molecule has 346 valence electrons. The number of fused-ring (bicyclic) bond motifs is 10. The Morgan fingerprint density at radius 3 is 2.01 bits per heavy atom. The van der Waals surface area contributed by atoms with Crippen molar-refractivity contribution in [1.29, 1.82) is 0 Å². The topological polar surface area (TPSA) is 38.1 Å². The van der Waals surface area contributed by atoms with E-state index >= 15 is 0 Å². The highest BCUT2D eigenvalue weighted by molar-refractivity contribution is 6.00. The Kier molecular flexibility index (Phi) is 9.13. The first-order valence-electron chi connectivity index (χ1n) is 24.9. The molecule has 0 fully saturated rings. The van der Waals surface area contributed by atoms with E-state index in [4.69, 9.17) is 13.9 Å². The average molecular weight is 915 g/mol. The van der Waals surface area contributed by atoms with Gasteiger partial charge in [0.2, 0.25) is 0 Å². The number of anilines is 6. The summed E-state index contributed by atoms with van der Waals surface area (Å²) < 4.78 is 19.8. The number of aryl methyl sites for hydroxylation is 1. The van der Waals surface area contributed by atoms with E-state index in [1.165, 1.54) is 61.2 Å². The highest BCUT2D eigenvalue weighted by Crippen LogP contribution is 2.64. The molecule has 5 nitrogen and oxygen atoms in total.